The van der Waals surface area contributed by atoms with E-state index < -0.39 is 5.97 Å². The Morgan fingerprint density at radius 1 is 1.03 bits per heavy atom. The number of benzene rings is 3. The third kappa shape index (κ3) is 3.52. The van der Waals surface area contributed by atoms with Gasteiger partial charge in [0.05, 0.1) is 18.1 Å². The van der Waals surface area contributed by atoms with Gasteiger partial charge in [-0.15, -0.1) is 0 Å². The van der Waals surface area contributed by atoms with Crippen LogP contribution in [-0.2, 0) is 4.79 Å². The number of anilines is 1. The van der Waals surface area contributed by atoms with Crippen molar-refractivity contribution in [3.63, 3.8) is 0 Å². The smallest absolute Gasteiger partial charge is 0.308 e. The summed E-state index contributed by atoms with van der Waals surface area (Å²) in [6.45, 7) is 1.35. The molecule has 6 heteroatoms. The molecule has 0 radical (unpaired) electrons. The summed E-state index contributed by atoms with van der Waals surface area (Å²) in [5, 5.41) is 1.12. The topological polar surface area (TPSA) is 74.7 Å². The van der Waals surface area contributed by atoms with Crippen molar-refractivity contribution < 1.29 is 18.7 Å². The molecule has 0 bridgehead atoms. The zero-order valence-electron chi connectivity index (χ0n) is 15.9. The molecule has 5 nitrogen and oxygen atoms in total. The number of fused-ring (bicyclic) bond motifs is 1. The Morgan fingerprint density at radius 3 is 2.41 bits per heavy atom. The monoisotopic (exact) mass is 407 g/mol. The molecule has 0 unspecified atom stereocenters. The maximum atomic E-state index is 11.8. The van der Waals surface area contributed by atoms with E-state index in [1.54, 1.807) is 19.2 Å². The quantitative estimate of drug-likeness (QED) is 0.335. The summed E-state index contributed by atoms with van der Waals surface area (Å²) in [7, 11) is 1.61. The zero-order chi connectivity index (χ0) is 20.5. The van der Waals surface area contributed by atoms with Crippen molar-refractivity contribution >= 4 is 34.4 Å². The number of carbonyl (C=O) groups is 1. The number of ether oxygens (including phenoxy) is 2. The molecule has 0 saturated heterocycles. The van der Waals surface area contributed by atoms with E-state index in [0.29, 0.717) is 32.9 Å². The van der Waals surface area contributed by atoms with Crippen LogP contribution in [0.1, 0.15) is 6.92 Å². The SMILES string of the molecule is COc1ccc(-c2cc(OC(C)=O)c3c(-c4ccccc4Cl)c(N)oc3c2)cc1. The molecule has 3 aromatic carbocycles. The highest BCUT2D eigenvalue weighted by Crippen LogP contribution is 2.45. The predicted molar refractivity (Wildman–Crippen MR) is 114 cm³/mol. The Bertz CT molecular complexity index is 1210. The number of rotatable bonds is 4. The summed E-state index contributed by atoms with van der Waals surface area (Å²) < 4.78 is 16.6. The van der Waals surface area contributed by atoms with Gasteiger partial charge in [0.15, 0.2) is 5.88 Å². The first-order chi connectivity index (χ1) is 14.0. The van der Waals surface area contributed by atoms with Crippen LogP contribution in [0.2, 0.25) is 5.02 Å². The molecule has 29 heavy (non-hydrogen) atoms. The molecule has 1 heterocycles. The minimum Gasteiger partial charge on any atom is -0.497 e. The first-order valence-electron chi connectivity index (χ1n) is 8.91. The molecule has 0 aliphatic heterocycles. The average molecular weight is 408 g/mol. The van der Waals surface area contributed by atoms with Crippen molar-refractivity contribution in [1.29, 1.82) is 0 Å². The van der Waals surface area contributed by atoms with Crippen LogP contribution in [0.25, 0.3) is 33.2 Å². The number of carbonyl (C=O) groups excluding carboxylic acids is 1. The van der Waals surface area contributed by atoms with E-state index >= 15 is 0 Å². The van der Waals surface area contributed by atoms with Gasteiger partial charge in [0.1, 0.15) is 17.1 Å². The maximum Gasteiger partial charge on any atom is 0.308 e. The first-order valence-corrected chi connectivity index (χ1v) is 9.29. The molecule has 0 aliphatic carbocycles. The van der Waals surface area contributed by atoms with E-state index in [2.05, 4.69) is 0 Å². The normalized spacial score (nSPS) is 10.9. The second-order valence-corrected chi connectivity index (χ2v) is 6.90. The molecule has 4 rings (SSSR count). The van der Waals surface area contributed by atoms with Gasteiger partial charge in [-0.05, 0) is 41.5 Å². The molecule has 2 N–H and O–H groups in total. The number of hydrogen-bond acceptors (Lipinski definition) is 5. The predicted octanol–water partition coefficient (Wildman–Crippen LogP) is 5.94. The van der Waals surface area contributed by atoms with Crippen molar-refractivity contribution in [1.82, 2.24) is 0 Å². The summed E-state index contributed by atoms with van der Waals surface area (Å²) in [6.07, 6.45) is 0. The highest BCUT2D eigenvalue weighted by Gasteiger charge is 2.22. The third-order valence-electron chi connectivity index (χ3n) is 4.60. The Balaban J connectivity index is 1.97. The molecule has 0 fully saturated rings. The number of esters is 1. The van der Waals surface area contributed by atoms with E-state index in [9.17, 15) is 4.79 Å². The fourth-order valence-electron chi connectivity index (χ4n) is 3.33. The number of hydrogen-bond donors (Lipinski definition) is 1. The third-order valence-corrected chi connectivity index (χ3v) is 4.93. The van der Waals surface area contributed by atoms with Gasteiger partial charge in [0.2, 0.25) is 0 Å². The fourth-order valence-corrected chi connectivity index (χ4v) is 3.56. The summed E-state index contributed by atoms with van der Waals surface area (Å²) in [5.41, 5.74) is 9.73. The largest absolute Gasteiger partial charge is 0.497 e. The van der Waals surface area contributed by atoms with Crippen LogP contribution in [-0.4, -0.2) is 13.1 Å². The lowest BCUT2D eigenvalue weighted by atomic mass is 9.99. The van der Waals surface area contributed by atoms with Crippen molar-refractivity contribution in [3.8, 4) is 33.8 Å². The number of methoxy groups -OCH3 is 1. The Hall–Kier alpha value is -3.44. The second-order valence-electron chi connectivity index (χ2n) is 6.49. The van der Waals surface area contributed by atoms with Gasteiger partial charge in [0, 0.05) is 17.5 Å². The number of halogens is 1. The van der Waals surface area contributed by atoms with Crippen LogP contribution < -0.4 is 15.2 Å². The van der Waals surface area contributed by atoms with Crippen LogP contribution in [0.15, 0.2) is 65.1 Å². The molecule has 0 atom stereocenters. The van der Waals surface area contributed by atoms with Crippen LogP contribution >= 0.6 is 11.6 Å². The Kier molecular flexibility index (Phi) is 4.91. The van der Waals surface area contributed by atoms with Crippen LogP contribution in [0.3, 0.4) is 0 Å². The van der Waals surface area contributed by atoms with Crippen LogP contribution in [0.5, 0.6) is 11.5 Å². The Morgan fingerprint density at radius 2 is 1.76 bits per heavy atom. The molecule has 0 saturated carbocycles. The lowest BCUT2D eigenvalue weighted by Gasteiger charge is -2.10. The highest BCUT2D eigenvalue weighted by atomic mass is 35.5. The van der Waals surface area contributed by atoms with Gasteiger partial charge >= 0.3 is 5.97 Å². The average Bonchev–Trinajstić information content (AvgIpc) is 3.04. The zero-order valence-corrected chi connectivity index (χ0v) is 16.6. The van der Waals surface area contributed by atoms with Gasteiger partial charge in [-0.25, -0.2) is 0 Å². The molecular formula is C23H18ClNO4. The van der Waals surface area contributed by atoms with Crippen LogP contribution in [0, 0.1) is 0 Å². The van der Waals surface area contributed by atoms with Gasteiger partial charge in [-0.2, -0.15) is 0 Å². The minimum atomic E-state index is -0.442. The molecule has 0 amide bonds. The van der Waals surface area contributed by atoms with E-state index in [0.717, 1.165) is 16.9 Å². The molecular weight excluding hydrogens is 390 g/mol. The van der Waals surface area contributed by atoms with Crippen molar-refractivity contribution in [2.24, 2.45) is 0 Å². The van der Waals surface area contributed by atoms with Crippen molar-refractivity contribution in [2.45, 2.75) is 6.92 Å². The maximum absolute atomic E-state index is 11.8. The summed E-state index contributed by atoms with van der Waals surface area (Å²) >= 11 is 6.39. The minimum absolute atomic E-state index is 0.202. The van der Waals surface area contributed by atoms with Crippen molar-refractivity contribution in [3.05, 3.63) is 65.7 Å². The van der Waals surface area contributed by atoms with Gasteiger partial charge < -0.3 is 19.6 Å². The van der Waals surface area contributed by atoms with E-state index in [4.69, 9.17) is 31.2 Å². The summed E-state index contributed by atoms with van der Waals surface area (Å²) in [6, 6.07) is 18.5. The standard InChI is InChI=1S/C23H18ClNO4/c1-13(26)28-19-11-15(14-7-9-16(27-2)10-8-14)12-20-22(19)21(23(25)29-20)17-5-3-4-6-18(17)24/h3-12H,25H2,1-2H3. The lowest BCUT2D eigenvalue weighted by Crippen LogP contribution is -2.02. The number of nitrogen functional groups attached to an aromatic ring is 1. The molecule has 4 aromatic rings. The molecule has 0 aliphatic rings. The fraction of sp³-hybridized carbons (Fsp3) is 0.0870. The molecule has 1 aromatic heterocycles. The highest BCUT2D eigenvalue weighted by molar-refractivity contribution is 6.34. The first kappa shape index (κ1) is 18.9. The number of furan rings is 1. The van der Waals surface area contributed by atoms with E-state index in [1.165, 1.54) is 6.92 Å². The lowest BCUT2D eigenvalue weighted by molar-refractivity contribution is -0.131. The van der Waals surface area contributed by atoms with E-state index in [1.807, 2.05) is 48.5 Å². The van der Waals surface area contributed by atoms with Gasteiger partial charge in [-0.3, -0.25) is 4.79 Å². The van der Waals surface area contributed by atoms with Crippen molar-refractivity contribution in [2.75, 3.05) is 12.8 Å². The Labute approximate surface area is 172 Å². The molecule has 0 spiro atoms. The van der Waals surface area contributed by atoms with E-state index in [-0.39, 0.29) is 5.88 Å². The summed E-state index contributed by atoms with van der Waals surface area (Å²) in [5.74, 6) is 0.867. The molecule has 146 valence electrons. The van der Waals surface area contributed by atoms with Gasteiger partial charge in [-0.1, -0.05) is 41.9 Å². The number of nitrogens with two attached hydrogens (primary N) is 1. The van der Waals surface area contributed by atoms with Crippen LogP contribution in [0.4, 0.5) is 5.88 Å². The summed E-state index contributed by atoms with van der Waals surface area (Å²) in [4.78, 5) is 11.8. The second kappa shape index (κ2) is 7.53. The van der Waals surface area contributed by atoms with Gasteiger partial charge in [0.25, 0.3) is 0 Å².